The monoisotopic (exact) mass is 414 g/mol. The maximum absolute atomic E-state index is 14.3. The van der Waals surface area contributed by atoms with Crippen LogP contribution in [-0.4, -0.2) is 13.2 Å². The molecule has 3 aromatic rings. The maximum atomic E-state index is 14.3. The van der Waals surface area contributed by atoms with Crippen molar-refractivity contribution in [2.75, 3.05) is 6.61 Å². The maximum Gasteiger partial charge on any atom is 0.387 e. The molecule has 0 aliphatic rings. The van der Waals surface area contributed by atoms with E-state index in [-0.39, 0.29) is 5.75 Å². The lowest BCUT2D eigenvalue weighted by Gasteiger charge is -2.10. The number of hydrogen-bond donors (Lipinski definition) is 0. The highest BCUT2D eigenvalue weighted by Gasteiger charge is 2.10. The summed E-state index contributed by atoms with van der Waals surface area (Å²) >= 11 is 0. The predicted molar refractivity (Wildman–Crippen MR) is 114 cm³/mol. The third-order valence-corrected chi connectivity index (χ3v) is 4.82. The van der Waals surface area contributed by atoms with Crippen LogP contribution < -0.4 is 9.47 Å². The number of unbranched alkanes of at least 4 members (excludes halogenated alkanes) is 3. The molecule has 0 spiro atoms. The summed E-state index contributed by atoms with van der Waals surface area (Å²) in [7, 11) is 0. The fourth-order valence-corrected chi connectivity index (χ4v) is 3.21. The van der Waals surface area contributed by atoms with E-state index in [9.17, 15) is 13.2 Å². The van der Waals surface area contributed by atoms with Crippen LogP contribution >= 0.6 is 0 Å². The van der Waals surface area contributed by atoms with Crippen LogP contribution in [0.3, 0.4) is 0 Å². The van der Waals surface area contributed by atoms with E-state index in [1.54, 1.807) is 12.1 Å². The lowest BCUT2D eigenvalue weighted by Crippen LogP contribution is -2.02. The summed E-state index contributed by atoms with van der Waals surface area (Å²) in [6.45, 7) is -0.0716. The average Bonchev–Trinajstić information content (AvgIpc) is 2.74. The van der Waals surface area contributed by atoms with Crippen LogP contribution in [0, 0.1) is 5.82 Å². The van der Waals surface area contributed by atoms with E-state index in [0.29, 0.717) is 11.1 Å². The van der Waals surface area contributed by atoms with Crippen LogP contribution in [0.4, 0.5) is 13.2 Å². The highest BCUT2D eigenvalue weighted by atomic mass is 19.3. The van der Waals surface area contributed by atoms with Crippen molar-refractivity contribution in [3.63, 3.8) is 0 Å². The first-order valence-corrected chi connectivity index (χ1v) is 10.1. The molecule has 0 fully saturated rings. The van der Waals surface area contributed by atoms with Gasteiger partial charge in [-0.3, -0.25) is 0 Å². The molecule has 0 unspecified atom stereocenters. The van der Waals surface area contributed by atoms with Crippen LogP contribution in [-0.2, 0) is 0 Å². The zero-order valence-corrected chi connectivity index (χ0v) is 16.9. The van der Waals surface area contributed by atoms with Crippen LogP contribution in [0.1, 0.15) is 32.6 Å². The van der Waals surface area contributed by atoms with Crippen LogP contribution in [0.5, 0.6) is 11.5 Å². The van der Waals surface area contributed by atoms with Crippen molar-refractivity contribution in [1.82, 2.24) is 0 Å². The second kappa shape index (κ2) is 10.7. The minimum absolute atomic E-state index is 0.199. The molecule has 0 amide bonds. The van der Waals surface area contributed by atoms with Crippen molar-refractivity contribution in [3.05, 3.63) is 72.5 Å². The summed E-state index contributed by atoms with van der Waals surface area (Å²) < 4.78 is 48.8. The normalized spacial score (nSPS) is 11.0. The van der Waals surface area contributed by atoms with Crippen molar-refractivity contribution in [1.29, 1.82) is 0 Å². The van der Waals surface area contributed by atoms with Gasteiger partial charge in [-0.05, 0) is 47.4 Å². The molecule has 3 rings (SSSR count). The lowest BCUT2D eigenvalue weighted by molar-refractivity contribution is -0.0499. The molecule has 30 heavy (non-hydrogen) atoms. The van der Waals surface area contributed by atoms with E-state index in [4.69, 9.17) is 4.74 Å². The Hall–Kier alpha value is -2.95. The van der Waals surface area contributed by atoms with Crippen LogP contribution in [0.2, 0.25) is 0 Å². The van der Waals surface area contributed by atoms with Gasteiger partial charge < -0.3 is 9.47 Å². The molecule has 0 N–H and O–H groups in total. The summed E-state index contributed by atoms with van der Waals surface area (Å²) in [6, 6.07) is 19.0. The van der Waals surface area contributed by atoms with Gasteiger partial charge in [-0.2, -0.15) is 8.78 Å². The van der Waals surface area contributed by atoms with Crippen LogP contribution in [0.25, 0.3) is 22.3 Å². The van der Waals surface area contributed by atoms with E-state index in [1.165, 1.54) is 31.4 Å². The summed E-state index contributed by atoms with van der Waals surface area (Å²) in [6.07, 6.45) is 4.68. The quantitative estimate of drug-likeness (QED) is 0.316. The summed E-state index contributed by atoms with van der Waals surface area (Å²) in [5.41, 5.74) is 3.01. The fourth-order valence-electron chi connectivity index (χ4n) is 3.21. The molecule has 0 aliphatic heterocycles. The zero-order chi connectivity index (χ0) is 21.3. The number of ether oxygens (including phenoxy) is 2. The molecular weight excluding hydrogens is 389 g/mol. The van der Waals surface area contributed by atoms with E-state index in [1.807, 2.05) is 36.4 Å². The van der Waals surface area contributed by atoms with E-state index >= 15 is 0 Å². The number of rotatable bonds is 10. The minimum Gasteiger partial charge on any atom is -0.494 e. The number of hydrogen-bond acceptors (Lipinski definition) is 2. The highest BCUT2D eigenvalue weighted by molar-refractivity contribution is 5.71. The molecule has 3 aromatic carbocycles. The van der Waals surface area contributed by atoms with Crippen molar-refractivity contribution in [2.24, 2.45) is 0 Å². The lowest BCUT2D eigenvalue weighted by atomic mass is 10.00. The number of alkyl halides is 2. The van der Waals surface area contributed by atoms with Gasteiger partial charge in [-0.25, -0.2) is 4.39 Å². The van der Waals surface area contributed by atoms with Crippen LogP contribution in [0.15, 0.2) is 66.7 Å². The average molecular weight is 414 g/mol. The molecule has 0 bridgehead atoms. The predicted octanol–water partition coefficient (Wildman–Crippen LogP) is 7.72. The highest BCUT2D eigenvalue weighted by Crippen LogP contribution is 2.30. The summed E-state index contributed by atoms with van der Waals surface area (Å²) in [4.78, 5) is 0. The molecular formula is C25H25F3O2. The molecule has 2 nitrogen and oxygen atoms in total. The Morgan fingerprint density at radius 3 is 1.93 bits per heavy atom. The Balaban J connectivity index is 1.64. The van der Waals surface area contributed by atoms with Gasteiger partial charge in [0, 0.05) is 11.6 Å². The fraction of sp³-hybridized carbons (Fsp3) is 0.280. The first-order valence-electron chi connectivity index (χ1n) is 10.1. The van der Waals surface area contributed by atoms with Gasteiger partial charge in [0.15, 0.2) is 0 Å². The summed E-state index contributed by atoms with van der Waals surface area (Å²) in [5.74, 6) is 0.0388. The van der Waals surface area contributed by atoms with Gasteiger partial charge in [0.1, 0.15) is 17.3 Å². The van der Waals surface area contributed by atoms with Crippen molar-refractivity contribution < 1.29 is 22.6 Å². The summed E-state index contributed by atoms with van der Waals surface area (Å²) in [5, 5.41) is 0. The first kappa shape index (κ1) is 21.8. The number of halogens is 3. The standard InChI is InChI=1S/C25H25F3O2/c1-2-3-4-5-16-29-21-12-10-19(11-13-21)18-6-8-20(9-7-18)23-15-14-22(17-24(23)26)30-25(27)28/h6-15,17,25H,2-5,16H2,1H3. The zero-order valence-electron chi connectivity index (χ0n) is 16.9. The Kier molecular flexibility index (Phi) is 7.77. The second-order valence-electron chi connectivity index (χ2n) is 7.03. The molecule has 0 radical (unpaired) electrons. The van der Waals surface area contributed by atoms with Gasteiger partial charge >= 0.3 is 6.61 Å². The largest absolute Gasteiger partial charge is 0.494 e. The van der Waals surface area contributed by atoms with Crippen molar-refractivity contribution >= 4 is 0 Å². The molecule has 0 atom stereocenters. The Bertz CT molecular complexity index is 922. The topological polar surface area (TPSA) is 18.5 Å². The first-order chi connectivity index (χ1) is 14.6. The molecule has 0 aliphatic carbocycles. The van der Waals surface area contributed by atoms with Crippen molar-refractivity contribution in [3.8, 4) is 33.8 Å². The van der Waals surface area contributed by atoms with Gasteiger partial charge in [-0.1, -0.05) is 62.6 Å². The Morgan fingerprint density at radius 1 is 0.733 bits per heavy atom. The van der Waals surface area contributed by atoms with Gasteiger partial charge in [0.25, 0.3) is 0 Å². The minimum atomic E-state index is -2.98. The Morgan fingerprint density at radius 2 is 1.33 bits per heavy atom. The second-order valence-corrected chi connectivity index (χ2v) is 7.03. The third kappa shape index (κ3) is 6.02. The van der Waals surface area contributed by atoms with Gasteiger partial charge in [0.2, 0.25) is 0 Å². The Labute approximate surface area is 175 Å². The van der Waals surface area contributed by atoms with E-state index < -0.39 is 12.4 Å². The third-order valence-electron chi connectivity index (χ3n) is 4.82. The van der Waals surface area contributed by atoms with Crippen molar-refractivity contribution in [2.45, 2.75) is 39.2 Å². The molecule has 0 heterocycles. The molecule has 0 saturated heterocycles. The van der Waals surface area contributed by atoms with E-state index in [2.05, 4.69) is 11.7 Å². The van der Waals surface area contributed by atoms with Gasteiger partial charge in [-0.15, -0.1) is 0 Å². The molecule has 5 heteroatoms. The SMILES string of the molecule is CCCCCCOc1ccc(-c2ccc(-c3ccc(OC(F)F)cc3F)cc2)cc1. The molecule has 158 valence electrons. The molecule has 0 aromatic heterocycles. The van der Waals surface area contributed by atoms with Gasteiger partial charge in [0.05, 0.1) is 6.61 Å². The number of benzene rings is 3. The van der Waals surface area contributed by atoms with E-state index in [0.717, 1.165) is 36.0 Å². The molecule has 0 saturated carbocycles. The smallest absolute Gasteiger partial charge is 0.387 e.